The average Bonchev–Trinajstić information content (AvgIpc) is 2.50. The Morgan fingerprint density at radius 3 is 2.64 bits per heavy atom. The summed E-state index contributed by atoms with van der Waals surface area (Å²) in [5.74, 6) is -0.151. The highest BCUT2D eigenvalue weighted by Crippen LogP contribution is 2.24. The molecule has 0 saturated heterocycles. The molecule has 0 atom stereocenters. The lowest BCUT2D eigenvalue weighted by atomic mass is 10.1. The number of carbonyl (C=O) groups excluding carboxylic acids is 2. The van der Waals surface area contributed by atoms with E-state index in [-0.39, 0.29) is 17.7 Å². The Morgan fingerprint density at radius 2 is 1.95 bits per heavy atom. The number of hydrogen-bond donors (Lipinski definition) is 1. The van der Waals surface area contributed by atoms with Crippen molar-refractivity contribution < 1.29 is 9.59 Å². The van der Waals surface area contributed by atoms with Crippen molar-refractivity contribution in [3.05, 3.63) is 36.5 Å². The summed E-state index contributed by atoms with van der Waals surface area (Å²) in [4.78, 5) is 29.6. The van der Waals surface area contributed by atoms with Gasteiger partial charge in [-0.1, -0.05) is 32.0 Å². The molecule has 0 aliphatic heterocycles. The minimum absolute atomic E-state index is 0.0143. The van der Waals surface area contributed by atoms with E-state index in [9.17, 15) is 9.59 Å². The molecular formula is C17H21N3O2. The maximum atomic E-state index is 12.0. The van der Waals surface area contributed by atoms with Gasteiger partial charge in [-0.2, -0.15) is 0 Å². The van der Waals surface area contributed by atoms with Gasteiger partial charge in [0, 0.05) is 37.5 Å². The van der Waals surface area contributed by atoms with Crippen molar-refractivity contribution >= 4 is 28.4 Å². The number of rotatable bonds is 5. The molecule has 5 nitrogen and oxygen atoms in total. The van der Waals surface area contributed by atoms with Gasteiger partial charge in [0.2, 0.25) is 11.8 Å². The van der Waals surface area contributed by atoms with Crippen LogP contribution in [0.5, 0.6) is 0 Å². The number of hydrogen-bond acceptors (Lipinski definition) is 3. The summed E-state index contributed by atoms with van der Waals surface area (Å²) in [5, 5.41) is 3.82. The average molecular weight is 299 g/mol. The van der Waals surface area contributed by atoms with E-state index in [0.29, 0.717) is 13.1 Å². The molecule has 0 bridgehead atoms. The Hall–Kier alpha value is -2.43. The van der Waals surface area contributed by atoms with Gasteiger partial charge in [0.25, 0.3) is 0 Å². The Morgan fingerprint density at radius 1 is 1.23 bits per heavy atom. The van der Waals surface area contributed by atoms with Crippen LogP contribution >= 0.6 is 0 Å². The van der Waals surface area contributed by atoms with Crippen LogP contribution in [0.15, 0.2) is 36.5 Å². The van der Waals surface area contributed by atoms with Crippen LogP contribution < -0.4 is 10.2 Å². The van der Waals surface area contributed by atoms with Crippen LogP contribution in [0.1, 0.15) is 20.8 Å². The van der Waals surface area contributed by atoms with E-state index < -0.39 is 0 Å². The van der Waals surface area contributed by atoms with Gasteiger partial charge >= 0.3 is 0 Å². The molecule has 1 aromatic carbocycles. The fourth-order valence-electron chi connectivity index (χ4n) is 2.25. The maximum absolute atomic E-state index is 12.0. The molecule has 1 aromatic heterocycles. The summed E-state index contributed by atoms with van der Waals surface area (Å²) in [6, 6.07) is 9.57. The van der Waals surface area contributed by atoms with Crippen LogP contribution in [0.4, 0.5) is 5.69 Å². The molecule has 2 aromatic rings. The van der Waals surface area contributed by atoms with Crippen LogP contribution in [-0.4, -0.2) is 29.9 Å². The molecule has 0 aliphatic rings. The van der Waals surface area contributed by atoms with Gasteiger partial charge in [0.05, 0.1) is 11.2 Å². The zero-order chi connectivity index (χ0) is 16.1. The fraction of sp³-hybridized carbons (Fsp3) is 0.353. The van der Waals surface area contributed by atoms with Gasteiger partial charge in [0.1, 0.15) is 0 Å². The first-order valence-corrected chi connectivity index (χ1v) is 7.40. The van der Waals surface area contributed by atoms with Crippen molar-refractivity contribution in [2.75, 3.05) is 18.0 Å². The quantitative estimate of drug-likeness (QED) is 0.922. The first-order chi connectivity index (χ1) is 10.5. The third-order valence-corrected chi connectivity index (χ3v) is 3.44. The second kappa shape index (κ2) is 7.02. The number of anilines is 1. The number of nitrogens with one attached hydrogen (secondary N) is 1. The molecule has 0 unspecified atom stereocenters. The van der Waals surface area contributed by atoms with Crippen molar-refractivity contribution in [3.63, 3.8) is 0 Å². The zero-order valence-electron chi connectivity index (χ0n) is 13.2. The van der Waals surface area contributed by atoms with Gasteiger partial charge in [-0.25, -0.2) is 0 Å². The van der Waals surface area contributed by atoms with E-state index >= 15 is 0 Å². The lowest BCUT2D eigenvalue weighted by molar-refractivity contribution is -0.124. The van der Waals surface area contributed by atoms with Crippen molar-refractivity contribution in [1.82, 2.24) is 10.3 Å². The molecule has 2 rings (SSSR count). The maximum Gasteiger partial charge on any atom is 0.223 e. The van der Waals surface area contributed by atoms with Crippen LogP contribution in [-0.2, 0) is 9.59 Å². The number of benzene rings is 1. The third-order valence-electron chi connectivity index (χ3n) is 3.44. The summed E-state index contributed by atoms with van der Waals surface area (Å²) in [6.07, 6.45) is 1.71. The van der Waals surface area contributed by atoms with Crippen molar-refractivity contribution in [2.45, 2.75) is 20.8 Å². The van der Waals surface area contributed by atoms with E-state index in [4.69, 9.17) is 0 Å². The predicted octanol–water partition coefficient (Wildman–Crippen LogP) is 2.36. The first-order valence-electron chi connectivity index (χ1n) is 7.40. The molecule has 0 radical (unpaired) electrons. The lowest BCUT2D eigenvalue weighted by Gasteiger charge is -2.22. The third kappa shape index (κ3) is 3.61. The highest BCUT2D eigenvalue weighted by atomic mass is 16.2. The molecular weight excluding hydrogens is 278 g/mol. The number of carbonyl (C=O) groups is 2. The van der Waals surface area contributed by atoms with E-state index in [1.807, 2.05) is 44.2 Å². The normalized spacial score (nSPS) is 10.7. The molecule has 1 heterocycles. The Bertz CT molecular complexity index is 677. The van der Waals surface area contributed by atoms with Gasteiger partial charge < -0.3 is 10.2 Å². The van der Waals surface area contributed by atoms with Gasteiger partial charge in [0.15, 0.2) is 0 Å². The Kier molecular flexibility index (Phi) is 5.09. The molecule has 116 valence electrons. The van der Waals surface area contributed by atoms with Crippen molar-refractivity contribution in [2.24, 2.45) is 5.92 Å². The van der Waals surface area contributed by atoms with Crippen molar-refractivity contribution in [3.8, 4) is 0 Å². The summed E-state index contributed by atoms with van der Waals surface area (Å²) in [6.45, 7) is 6.04. The van der Waals surface area contributed by atoms with Gasteiger partial charge in [-0.3, -0.25) is 14.6 Å². The lowest BCUT2D eigenvalue weighted by Crippen LogP contribution is -2.38. The monoisotopic (exact) mass is 299 g/mol. The van der Waals surface area contributed by atoms with Gasteiger partial charge in [-0.15, -0.1) is 0 Å². The minimum atomic E-state index is -0.0723. The number of aromatic nitrogens is 1. The Balaban J connectivity index is 2.20. The first kappa shape index (κ1) is 15.9. The van der Waals surface area contributed by atoms with Crippen LogP contribution in [0.25, 0.3) is 10.9 Å². The highest BCUT2D eigenvalue weighted by Gasteiger charge is 2.15. The van der Waals surface area contributed by atoms with E-state index in [0.717, 1.165) is 16.6 Å². The number of para-hydroxylation sites is 1. The molecule has 5 heteroatoms. The number of nitrogens with zero attached hydrogens (tertiary/aromatic N) is 2. The molecule has 0 saturated carbocycles. The fourth-order valence-corrected chi connectivity index (χ4v) is 2.25. The predicted molar refractivity (Wildman–Crippen MR) is 87.6 cm³/mol. The SMILES string of the molecule is CC(=O)N(CCNC(=O)C(C)C)c1cccc2cccnc12. The largest absolute Gasteiger partial charge is 0.354 e. The molecule has 0 fully saturated rings. The topological polar surface area (TPSA) is 62.3 Å². The van der Waals surface area contributed by atoms with E-state index in [1.165, 1.54) is 6.92 Å². The van der Waals surface area contributed by atoms with E-state index in [1.54, 1.807) is 11.1 Å². The summed E-state index contributed by atoms with van der Waals surface area (Å²) < 4.78 is 0. The van der Waals surface area contributed by atoms with Crippen molar-refractivity contribution in [1.29, 1.82) is 0 Å². The van der Waals surface area contributed by atoms with E-state index in [2.05, 4.69) is 10.3 Å². The minimum Gasteiger partial charge on any atom is -0.354 e. The van der Waals surface area contributed by atoms with Crippen LogP contribution in [0.3, 0.4) is 0 Å². The molecule has 1 N–H and O–H groups in total. The highest BCUT2D eigenvalue weighted by molar-refractivity contribution is 6.01. The second-order valence-corrected chi connectivity index (χ2v) is 5.47. The number of pyridine rings is 1. The summed E-state index contributed by atoms with van der Waals surface area (Å²) in [7, 11) is 0. The van der Waals surface area contributed by atoms with Crippen LogP contribution in [0, 0.1) is 5.92 Å². The zero-order valence-corrected chi connectivity index (χ0v) is 13.2. The summed E-state index contributed by atoms with van der Waals surface area (Å²) in [5.41, 5.74) is 1.56. The molecule has 22 heavy (non-hydrogen) atoms. The number of amides is 2. The van der Waals surface area contributed by atoms with Crippen LogP contribution in [0.2, 0.25) is 0 Å². The standard InChI is InChI=1S/C17H21N3O2/c1-12(2)17(22)19-10-11-20(13(3)21)15-8-4-6-14-7-5-9-18-16(14)15/h4-9,12H,10-11H2,1-3H3,(H,19,22). The smallest absolute Gasteiger partial charge is 0.223 e. The molecule has 0 spiro atoms. The molecule has 0 aliphatic carbocycles. The second-order valence-electron chi connectivity index (χ2n) is 5.47. The Labute approximate surface area is 130 Å². The molecule has 2 amide bonds. The number of fused-ring (bicyclic) bond motifs is 1. The summed E-state index contributed by atoms with van der Waals surface area (Å²) >= 11 is 0. The van der Waals surface area contributed by atoms with Gasteiger partial charge in [-0.05, 0) is 12.1 Å².